The molecule has 1 nitrogen and oxygen atoms in total. The van der Waals surface area contributed by atoms with E-state index >= 15 is 0 Å². The summed E-state index contributed by atoms with van der Waals surface area (Å²) in [5, 5.41) is 5.96. The summed E-state index contributed by atoms with van der Waals surface area (Å²) in [6, 6.07) is 13.6. The fourth-order valence-corrected chi connectivity index (χ4v) is 3.59. The highest BCUT2D eigenvalue weighted by atomic mass is 127. The Bertz CT molecular complexity index is 481. The zero-order valence-electron chi connectivity index (χ0n) is 11.2. The number of halogens is 1. The minimum absolute atomic E-state index is 0.486. The SMILES string of the molecule is CCCNC(CCc1ccccc1)c1csc(I)c1. The predicted molar refractivity (Wildman–Crippen MR) is 92.8 cm³/mol. The van der Waals surface area contributed by atoms with Crippen molar-refractivity contribution in [3.8, 4) is 0 Å². The van der Waals surface area contributed by atoms with Gasteiger partial charge in [0.25, 0.3) is 0 Å². The largest absolute Gasteiger partial charge is 0.310 e. The number of rotatable bonds is 7. The van der Waals surface area contributed by atoms with Gasteiger partial charge in [-0.2, -0.15) is 0 Å². The van der Waals surface area contributed by atoms with Gasteiger partial charge >= 0.3 is 0 Å². The van der Waals surface area contributed by atoms with Crippen LogP contribution in [0.5, 0.6) is 0 Å². The molecule has 0 aliphatic carbocycles. The van der Waals surface area contributed by atoms with Crippen molar-refractivity contribution in [2.75, 3.05) is 6.54 Å². The molecule has 0 aliphatic rings. The van der Waals surface area contributed by atoms with E-state index < -0.39 is 0 Å². The Morgan fingerprint density at radius 3 is 2.68 bits per heavy atom. The van der Waals surface area contributed by atoms with Crippen LogP contribution in [0.15, 0.2) is 41.8 Å². The van der Waals surface area contributed by atoms with Crippen LogP contribution in [-0.2, 0) is 6.42 Å². The van der Waals surface area contributed by atoms with Crippen LogP contribution in [-0.4, -0.2) is 6.54 Å². The number of thiophene rings is 1. The molecule has 0 amide bonds. The van der Waals surface area contributed by atoms with Crippen LogP contribution in [0.3, 0.4) is 0 Å². The number of benzene rings is 1. The molecule has 0 spiro atoms. The average Bonchev–Trinajstić information content (AvgIpc) is 2.86. The molecule has 3 heteroatoms. The minimum atomic E-state index is 0.486. The summed E-state index contributed by atoms with van der Waals surface area (Å²) in [5.41, 5.74) is 2.87. The normalized spacial score (nSPS) is 12.5. The maximum atomic E-state index is 3.67. The maximum Gasteiger partial charge on any atom is 0.0656 e. The number of nitrogens with one attached hydrogen (secondary N) is 1. The fourth-order valence-electron chi connectivity index (χ4n) is 2.17. The van der Waals surface area contributed by atoms with E-state index in [2.05, 4.69) is 76.6 Å². The molecule has 0 bridgehead atoms. The number of aryl methyl sites for hydroxylation is 1. The van der Waals surface area contributed by atoms with Crippen LogP contribution in [0.2, 0.25) is 0 Å². The molecule has 0 aliphatic heterocycles. The Kier molecular flexibility index (Phi) is 6.34. The molecule has 0 saturated carbocycles. The van der Waals surface area contributed by atoms with E-state index in [0.29, 0.717) is 6.04 Å². The molecule has 1 aromatic carbocycles. The third kappa shape index (κ3) is 4.89. The van der Waals surface area contributed by atoms with Gasteiger partial charge in [0.05, 0.1) is 2.88 Å². The van der Waals surface area contributed by atoms with Crippen LogP contribution < -0.4 is 5.32 Å². The first-order valence-electron chi connectivity index (χ1n) is 6.81. The lowest BCUT2D eigenvalue weighted by molar-refractivity contribution is 0.500. The third-order valence-corrected chi connectivity index (χ3v) is 5.00. The van der Waals surface area contributed by atoms with Gasteiger partial charge in [-0.25, -0.2) is 0 Å². The van der Waals surface area contributed by atoms with Crippen molar-refractivity contribution in [3.05, 3.63) is 55.8 Å². The first-order chi connectivity index (χ1) is 9.29. The summed E-state index contributed by atoms with van der Waals surface area (Å²) in [5.74, 6) is 0. The highest BCUT2D eigenvalue weighted by Gasteiger charge is 2.12. The van der Waals surface area contributed by atoms with E-state index in [1.165, 1.54) is 20.4 Å². The van der Waals surface area contributed by atoms with Gasteiger partial charge in [-0.15, -0.1) is 11.3 Å². The zero-order chi connectivity index (χ0) is 13.5. The molecule has 102 valence electrons. The Balaban J connectivity index is 1.98. The summed E-state index contributed by atoms with van der Waals surface area (Å²) < 4.78 is 1.37. The van der Waals surface area contributed by atoms with Crippen LogP contribution in [0.4, 0.5) is 0 Å². The molecule has 0 radical (unpaired) electrons. The first kappa shape index (κ1) is 15.0. The van der Waals surface area contributed by atoms with E-state index in [4.69, 9.17) is 0 Å². The van der Waals surface area contributed by atoms with Crippen molar-refractivity contribution in [1.29, 1.82) is 0 Å². The monoisotopic (exact) mass is 385 g/mol. The van der Waals surface area contributed by atoms with Crippen molar-refractivity contribution in [1.82, 2.24) is 5.32 Å². The minimum Gasteiger partial charge on any atom is -0.310 e. The van der Waals surface area contributed by atoms with Gasteiger partial charge in [0.1, 0.15) is 0 Å². The number of hydrogen-bond donors (Lipinski definition) is 1. The Hall–Kier alpha value is -0.390. The molecule has 0 saturated heterocycles. The van der Waals surface area contributed by atoms with Crippen LogP contribution in [0, 0.1) is 2.88 Å². The highest BCUT2D eigenvalue weighted by Crippen LogP contribution is 2.25. The first-order valence-corrected chi connectivity index (χ1v) is 8.76. The zero-order valence-corrected chi connectivity index (χ0v) is 14.2. The molecule has 0 fully saturated rings. The smallest absolute Gasteiger partial charge is 0.0656 e. The van der Waals surface area contributed by atoms with Gasteiger partial charge in [-0.1, -0.05) is 37.3 Å². The second-order valence-electron chi connectivity index (χ2n) is 4.72. The molecule has 2 aromatic rings. The van der Waals surface area contributed by atoms with Crippen LogP contribution in [0.25, 0.3) is 0 Å². The Morgan fingerprint density at radius 2 is 2.05 bits per heavy atom. The van der Waals surface area contributed by atoms with Gasteiger partial charge in [0, 0.05) is 6.04 Å². The van der Waals surface area contributed by atoms with Gasteiger partial charge in [-0.3, -0.25) is 0 Å². The summed E-state index contributed by atoms with van der Waals surface area (Å²) >= 11 is 4.24. The van der Waals surface area contributed by atoms with Crippen molar-refractivity contribution in [2.45, 2.75) is 32.2 Å². The predicted octanol–water partition coefficient (Wildman–Crippen LogP) is 5.03. The molecule has 2 rings (SSSR count). The summed E-state index contributed by atoms with van der Waals surface area (Å²) in [4.78, 5) is 0. The lowest BCUT2D eigenvalue weighted by Gasteiger charge is -2.17. The van der Waals surface area contributed by atoms with Crippen molar-refractivity contribution in [2.24, 2.45) is 0 Å². The van der Waals surface area contributed by atoms with E-state index in [1.54, 1.807) is 0 Å². The lowest BCUT2D eigenvalue weighted by atomic mass is 10.0. The highest BCUT2D eigenvalue weighted by molar-refractivity contribution is 14.1. The lowest BCUT2D eigenvalue weighted by Crippen LogP contribution is -2.22. The summed E-state index contributed by atoms with van der Waals surface area (Å²) in [6.45, 7) is 3.31. The fraction of sp³-hybridized carbons (Fsp3) is 0.375. The van der Waals surface area contributed by atoms with Crippen molar-refractivity contribution < 1.29 is 0 Å². The second-order valence-corrected chi connectivity index (χ2v) is 7.52. The third-order valence-electron chi connectivity index (χ3n) is 3.20. The van der Waals surface area contributed by atoms with Crippen molar-refractivity contribution >= 4 is 33.9 Å². The van der Waals surface area contributed by atoms with Gasteiger partial charge in [0.15, 0.2) is 0 Å². The topological polar surface area (TPSA) is 12.0 Å². The van der Waals surface area contributed by atoms with E-state index in [-0.39, 0.29) is 0 Å². The van der Waals surface area contributed by atoms with Gasteiger partial charge in [0.2, 0.25) is 0 Å². The van der Waals surface area contributed by atoms with Gasteiger partial charge < -0.3 is 5.32 Å². The molecular formula is C16H20INS. The van der Waals surface area contributed by atoms with E-state index in [0.717, 1.165) is 19.4 Å². The second kappa shape index (κ2) is 8.02. The average molecular weight is 385 g/mol. The molecule has 1 unspecified atom stereocenters. The molecule has 19 heavy (non-hydrogen) atoms. The molecule has 1 aromatic heterocycles. The molecule has 1 atom stereocenters. The van der Waals surface area contributed by atoms with E-state index in [9.17, 15) is 0 Å². The summed E-state index contributed by atoms with van der Waals surface area (Å²) in [7, 11) is 0. The maximum absolute atomic E-state index is 3.67. The molecular weight excluding hydrogens is 365 g/mol. The molecule has 1 N–H and O–H groups in total. The van der Waals surface area contributed by atoms with E-state index in [1.807, 2.05) is 11.3 Å². The standard InChI is InChI=1S/C16H20INS/c1-2-10-18-15(14-11-16(17)19-12-14)9-8-13-6-4-3-5-7-13/h3-7,11-12,15,18H,2,8-10H2,1H3. The number of hydrogen-bond acceptors (Lipinski definition) is 2. The molecule has 1 heterocycles. The Morgan fingerprint density at radius 1 is 1.26 bits per heavy atom. The van der Waals surface area contributed by atoms with Crippen LogP contribution >= 0.6 is 33.9 Å². The van der Waals surface area contributed by atoms with Crippen LogP contribution in [0.1, 0.15) is 36.9 Å². The summed E-state index contributed by atoms with van der Waals surface area (Å²) in [6.07, 6.45) is 3.48. The quantitative estimate of drug-likeness (QED) is 0.660. The van der Waals surface area contributed by atoms with Gasteiger partial charge in [-0.05, 0) is 71.0 Å². The van der Waals surface area contributed by atoms with Crippen molar-refractivity contribution in [3.63, 3.8) is 0 Å². The Labute approximate surface area is 133 Å².